The number of nitrogens with one attached hydrogen (secondary N) is 1. The largest absolute Gasteiger partial charge is 0.342 e. The third-order valence-electron chi connectivity index (χ3n) is 2.64. The minimum Gasteiger partial charge on any atom is -0.342 e. The molecule has 0 aromatic carbocycles. The molecule has 0 aromatic rings. The van der Waals surface area contributed by atoms with Crippen molar-refractivity contribution in [3.05, 3.63) is 84.6 Å². The van der Waals surface area contributed by atoms with Crippen LogP contribution in [0.5, 0.6) is 0 Å². The average molecular weight is 249 g/mol. The standard InChI is InChI=1S/C18H19N/c1-6-19-13-17(5)18-10-9-14(2)7-8-15(3)11-16(4)12-18/h1,7-10,12,19H,2-5,11,13H2/b8-7-,10-9?,18-12?. The van der Waals surface area contributed by atoms with Gasteiger partial charge in [0.15, 0.2) is 0 Å². The highest BCUT2D eigenvalue weighted by Gasteiger charge is 2.02. The molecular weight excluding hydrogens is 230 g/mol. The summed E-state index contributed by atoms with van der Waals surface area (Å²) in [5, 5.41) is 2.81. The van der Waals surface area contributed by atoms with Crippen molar-refractivity contribution < 1.29 is 0 Å². The molecule has 0 atom stereocenters. The number of hydrogen-bond donors (Lipinski definition) is 1. The summed E-state index contributed by atoms with van der Waals surface area (Å²) in [6, 6.07) is 2.39. The lowest BCUT2D eigenvalue weighted by Crippen LogP contribution is -2.10. The minimum absolute atomic E-state index is 0.545. The molecule has 1 heteroatoms. The van der Waals surface area contributed by atoms with Crippen LogP contribution in [0.1, 0.15) is 6.42 Å². The summed E-state index contributed by atoms with van der Waals surface area (Å²) in [4.78, 5) is 0. The molecule has 0 aromatic heterocycles. The third kappa shape index (κ3) is 5.14. The van der Waals surface area contributed by atoms with Crippen molar-refractivity contribution >= 4 is 0 Å². The zero-order chi connectivity index (χ0) is 14.3. The van der Waals surface area contributed by atoms with E-state index in [0.29, 0.717) is 6.54 Å². The van der Waals surface area contributed by atoms with Gasteiger partial charge in [-0.15, -0.1) is 0 Å². The van der Waals surface area contributed by atoms with E-state index in [4.69, 9.17) is 6.42 Å². The monoisotopic (exact) mass is 249 g/mol. The van der Waals surface area contributed by atoms with E-state index in [1.54, 1.807) is 0 Å². The maximum Gasteiger partial charge on any atom is 0.0480 e. The van der Waals surface area contributed by atoms with Crippen LogP contribution in [-0.4, -0.2) is 6.54 Å². The van der Waals surface area contributed by atoms with E-state index in [9.17, 15) is 0 Å². The van der Waals surface area contributed by atoms with Crippen molar-refractivity contribution in [1.29, 1.82) is 0 Å². The van der Waals surface area contributed by atoms with Crippen LogP contribution < -0.4 is 5.32 Å². The molecule has 0 spiro atoms. The van der Waals surface area contributed by atoms with Gasteiger partial charge in [0.25, 0.3) is 0 Å². The lowest BCUT2D eigenvalue weighted by atomic mass is 9.98. The van der Waals surface area contributed by atoms with Crippen LogP contribution in [0, 0.1) is 12.5 Å². The van der Waals surface area contributed by atoms with E-state index in [1.165, 1.54) is 0 Å². The quantitative estimate of drug-likeness (QED) is 0.592. The smallest absolute Gasteiger partial charge is 0.0480 e. The highest BCUT2D eigenvalue weighted by Crippen LogP contribution is 2.19. The van der Waals surface area contributed by atoms with Crippen molar-refractivity contribution in [3.8, 4) is 12.5 Å². The predicted molar refractivity (Wildman–Crippen MR) is 84.4 cm³/mol. The van der Waals surface area contributed by atoms with Gasteiger partial charge in [0.2, 0.25) is 0 Å². The Morgan fingerprint density at radius 1 is 1.16 bits per heavy atom. The molecule has 1 rings (SSSR count). The van der Waals surface area contributed by atoms with Crippen molar-refractivity contribution in [2.75, 3.05) is 6.54 Å². The van der Waals surface area contributed by atoms with Crippen molar-refractivity contribution in [1.82, 2.24) is 5.32 Å². The zero-order valence-corrected chi connectivity index (χ0v) is 11.2. The van der Waals surface area contributed by atoms with Crippen LogP contribution in [-0.2, 0) is 0 Å². The third-order valence-corrected chi connectivity index (χ3v) is 2.64. The number of allylic oxidation sites excluding steroid dienone is 8. The molecule has 1 N–H and O–H groups in total. The van der Waals surface area contributed by atoms with Crippen LogP contribution >= 0.6 is 0 Å². The van der Waals surface area contributed by atoms with E-state index in [-0.39, 0.29) is 0 Å². The molecule has 0 heterocycles. The lowest BCUT2D eigenvalue weighted by molar-refractivity contribution is 0.985. The SMILES string of the molecule is C#CNCC(=C)C1=CC(=C)CC(=C)/C=C\C(=C)C=C1. The van der Waals surface area contributed by atoms with Gasteiger partial charge < -0.3 is 5.32 Å². The van der Waals surface area contributed by atoms with Gasteiger partial charge in [-0.1, -0.05) is 74.3 Å². The number of hydrogen-bond acceptors (Lipinski definition) is 1. The average Bonchev–Trinajstić information content (AvgIpc) is 2.37. The zero-order valence-electron chi connectivity index (χ0n) is 11.2. The molecule has 1 aliphatic rings. The molecule has 0 unspecified atom stereocenters. The highest BCUT2D eigenvalue weighted by atomic mass is 14.8. The van der Waals surface area contributed by atoms with Gasteiger partial charge in [-0.25, -0.2) is 0 Å². The topological polar surface area (TPSA) is 12.0 Å². The Bertz CT molecular complexity index is 545. The Balaban J connectivity index is 3.02. The molecule has 19 heavy (non-hydrogen) atoms. The second-order valence-electron chi connectivity index (χ2n) is 4.44. The van der Waals surface area contributed by atoms with Crippen LogP contribution in [0.15, 0.2) is 84.6 Å². The number of terminal acetylenes is 1. The highest BCUT2D eigenvalue weighted by molar-refractivity contribution is 5.48. The van der Waals surface area contributed by atoms with Crippen LogP contribution in [0.2, 0.25) is 0 Å². The first-order chi connectivity index (χ1) is 9.02. The summed E-state index contributed by atoms with van der Waals surface area (Å²) in [6.07, 6.45) is 15.7. The van der Waals surface area contributed by atoms with Crippen LogP contribution in [0.3, 0.4) is 0 Å². The molecule has 0 aliphatic heterocycles. The molecule has 96 valence electrons. The summed E-state index contributed by atoms with van der Waals surface area (Å²) >= 11 is 0. The Kier molecular flexibility index (Phi) is 5.44. The first kappa shape index (κ1) is 14.6. The first-order valence-corrected chi connectivity index (χ1v) is 6.02. The van der Waals surface area contributed by atoms with E-state index in [1.807, 2.05) is 30.4 Å². The van der Waals surface area contributed by atoms with E-state index in [2.05, 4.69) is 37.7 Å². The summed E-state index contributed by atoms with van der Waals surface area (Å²) < 4.78 is 0. The van der Waals surface area contributed by atoms with Crippen LogP contribution in [0.25, 0.3) is 0 Å². The molecule has 0 amide bonds. The predicted octanol–water partition coefficient (Wildman–Crippen LogP) is 3.83. The van der Waals surface area contributed by atoms with E-state index in [0.717, 1.165) is 34.3 Å². The fourth-order valence-corrected chi connectivity index (χ4v) is 1.63. The van der Waals surface area contributed by atoms with E-state index >= 15 is 0 Å². The molecule has 1 nitrogen and oxygen atoms in total. The maximum atomic E-state index is 5.18. The molecule has 0 saturated heterocycles. The Labute approximate surface area is 116 Å². The molecule has 0 radical (unpaired) electrons. The molecule has 1 aliphatic carbocycles. The second kappa shape index (κ2) is 7.08. The van der Waals surface area contributed by atoms with Gasteiger partial charge in [-0.3, -0.25) is 0 Å². The maximum absolute atomic E-state index is 5.18. The molecular formula is C18H19N. The van der Waals surface area contributed by atoms with Crippen LogP contribution in [0.4, 0.5) is 0 Å². The summed E-state index contributed by atoms with van der Waals surface area (Å²) in [7, 11) is 0. The number of rotatable bonds is 3. The summed E-state index contributed by atoms with van der Waals surface area (Å²) in [5.41, 5.74) is 4.82. The fourth-order valence-electron chi connectivity index (χ4n) is 1.63. The van der Waals surface area contributed by atoms with Gasteiger partial charge in [0.1, 0.15) is 0 Å². The molecule has 0 fully saturated rings. The van der Waals surface area contributed by atoms with Gasteiger partial charge in [-0.2, -0.15) is 0 Å². The van der Waals surface area contributed by atoms with E-state index < -0.39 is 0 Å². The van der Waals surface area contributed by atoms with Gasteiger partial charge >= 0.3 is 0 Å². The van der Waals surface area contributed by atoms with Gasteiger partial charge in [0, 0.05) is 12.6 Å². The van der Waals surface area contributed by atoms with Gasteiger partial charge in [-0.05, 0) is 23.1 Å². The summed E-state index contributed by atoms with van der Waals surface area (Å²) in [6.45, 7) is 16.6. The van der Waals surface area contributed by atoms with Crippen molar-refractivity contribution in [2.24, 2.45) is 0 Å². The Hall–Kier alpha value is -2.46. The van der Waals surface area contributed by atoms with Gasteiger partial charge in [0.05, 0.1) is 0 Å². The fraction of sp³-hybridized carbons (Fsp3) is 0.111. The Morgan fingerprint density at radius 3 is 2.53 bits per heavy atom. The minimum atomic E-state index is 0.545. The van der Waals surface area contributed by atoms with Crippen molar-refractivity contribution in [3.63, 3.8) is 0 Å². The molecule has 0 bridgehead atoms. The Morgan fingerprint density at radius 2 is 1.84 bits per heavy atom. The van der Waals surface area contributed by atoms with Crippen molar-refractivity contribution in [2.45, 2.75) is 6.42 Å². The normalized spacial score (nSPS) is 17.4. The first-order valence-electron chi connectivity index (χ1n) is 6.02. The lowest BCUT2D eigenvalue weighted by Gasteiger charge is -2.10. The molecule has 0 saturated carbocycles. The second-order valence-corrected chi connectivity index (χ2v) is 4.44. The summed E-state index contributed by atoms with van der Waals surface area (Å²) in [5.74, 6) is 0.